The Morgan fingerprint density at radius 1 is 0.973 bits per heavy atom. The van der Waals surface area contributed by atoms with E-state index in [1.165, 1.54) is 23.1 Å². The fourth-order valence-corrected chi connectivity index (χ4v) is 5.25. The molecule has 37 heavy (non-hydrogen) atoms. The number of methoxy groups -OCH3 is 2. The van der Waals surface area contributed by atoms with Crippen LogP contribution in [0.25, 0.3) is 11.3 Å². The van der Waals surface area contributed by atoms with E-state index in [2.05, 4.69) is 20.9 Å². The van der Waals surface area contributed by atoms with Gasteiger partial charge in [-0.1, -0.05) is 18.2 Å². The van der Waals surface area contributed by atoms with Gasteiger partial charge >= 0.3 is 0 Å². The van der Waals surface area contributed by atoms with Gasteiger partial charge < -0.3 is 25.4 Å². The number of thiazole rings is 1. The number of rotatable bonds is 9. The van der Waals surface area contributed by atoms with Crippen molar-refractivity contribution in [2.24, 2.45) is 0 Å². The maximum absolute atomic E-state index is 12.8. The number of aromatic nitrogens is 1. The third kappa shape index (κ3) is 7.22. The highest BCUT2D eigenvalue weighted by Gasteiger charge is 2.17. The first-order valence-electron chi connectivity index (χ1n) is 11.3. The van der Waals surface area contributed by atoms with Gasteiger partial charge in [-0.25, -0.2) is 4.98 Å². The standard InChI is InChI=1S/C27H26N4O3S3/c1-17(25(32)31-27-30-23(16-36-27)18-11-13-20(33-2)14-12-18)37-21-8-6-7-19(15-21)28-26(35)29-22-9-4-5-10-24(22)34-3/h4-17H,1-3H3,(H2,28,29,35)(H,30,31,32). The fraction of sp³-hybridized carbons (Fsp3) is 0.148. The van der Waals surface area contributed by atoms with Crippen LogP contribution in [0.15, 0.2) is 83.1 Å². The predicted octanol–water partition coefficient (Wildman–Crippen LogP) is 6.76. The minimum absolute atomic E-state index is 0.118. The Balaban J connectivity index is 1.33. The van der Waals surface area contributed by atoms with Gasteiger partial charge in [-0.05, 0) is 73.7 Å². The number of amides is 1. The molecule has 1 amide bonds. The summed E-state index contributed by atoms with van der Waals surface area (Å²) in [4.78, 5) is 18.3. The van der Waals surface area contributed by atoms with Crippen LogP contribution < -0.4 is 25.4 Å². The number of anilines is 3. The zero-order chi connectivity index (χ0) is 26.2. The summed E-state index contributed by atoms with van der Waals surface area (Å²) in [6, 6.07) is 23.0. The van der Waals surface area contributed by atoms with Crippen molar-refractivity contribution in [3.63, 3.8) is 0 Å². The van der Waals surface area contributed by atoms with Crippen molar-refractivity contribution in [2.45, 2.75) is 17.1 Å². The lowest BCUT2D eigenvalue weighted by atomic mass is 10.2. The molecule has 0 aliphatic heterocycles. The Labute approximate surface area is 229 Å². The van der Waals surface area contributed by atoms with Gasteiger partial charge in [0.15, 0.2) is 10.2 Å². The van der Waals surface area contributed by atoms with Gasteiger partial charge in [-0.3, -0.25) is 4.79 Å². The van der Waals surface area contributed by atoms with Crippen LogP contribution in [0.4, 0.5) is 16.5 Å². The van der Waals surface area contributed by atoms with Gasteiger partial charge in [0.1, 0.15) is 11.5 Å². The van der Waals surface area contributed by atoms with Crippen LogP contribution in [0, 0.1) is 0 Å². The molecular formula is C27H26N4O3S3. The van der Waals surface area contributed by atoms with Crippen LogP contribution in [0.5, 0.6) is 11.5 Å². The van der Waals surface area contributed by atoms with Crippen LogP contribution >= 0.6 is 35.3 Å². The molecule has 190 valence electrons. The molecule has 1 aromatic heterocycles. The van der Waals surface area contributed by atoms with Crippen LogP contribution in [0.1, 0.15) is 6.92 Å². The average Bonchev–Trinajstić information content (AvgIpc) is 3.37. The molecule has 0 aliphatic carbocycles. The second-order valence-electron chi connectivity index (χ2n) is 7.82. The fourth-order valence-electron chi connectivity index (χ4n) is 3.37. The van der Waals surface area contributed by atoms with E-state index in [-0.39, 0.29) is 11.2 Å². The Bertz CT molecular complexity index is 1380. The molecular weight excluding hydrogens is 525 g/mol. The van der Waals surface area contributed by atoms with Gasteiger partial charge in [-0.2, -0.15) is 0 Å². The van der Waals surface area contributed by atoms with Crippen molar-refractivity contribution in [2.75, 3.05) is 30.2 Å². The lowest BCUT2D eigenvalue weighted by Crippen LogP contribution is -2.22. The van der Waals surface area contributed by atoms with E-state index in [1.807, 2.05) is 85.1 Å². The first-order chi connectivity index (χ1) is 17.9. The Hall–Kier alpha value is -3.60. The minimum Gasteiger partial charge on any atom is -0.497 e. The Morgan fingerprint density at radius 2 is 1.76 bits per heavy atom. The monoisotopic (exact) mass is 550 g/mol. The topological polar surface area (TPSA) is 84.5 Å². The molecule has 0 fully saturated rings. The summed E-state index contributed by atoms with van der Waals surface area (Å²) in [5.41, 5.74) is 3.35. The highest BCUT2D eigenvalue weighted by molar-refractivity contribution is 8.00. The highest BCUT2D eigenvalue weighted by atomic mass is 32.2. The molecule has 1 atom stereocenters. The van der Waals surface area contributed by atoms with E-state index in [0.717, 1.165) is 33.3 Å². The van der Waals surface area contributed by atoms with Crippen LogP contribution in [-0.4, -0.2) is 35.5 Å². The van der Waals surface area contributed by atoms with Crippen LogP contribution in [0.2, 0.25) is 0 Å². The molecule has 0 saturated carbocycles. The van der Waals surface area contributed by atoms with Crippen LogP contribution in [-0.2, 0) is 4.79 Å². The summed E-state index contributed by atoms with van der Waals surface area (Å²) < 4.78 is 10.6. The van der Waals surface area contributed by atoms with Crippen molar-refractivity contribution in [3.8, 4) is 22.8 Å². The molecule has 4 rings (SSSR count). The van der Waals surface area contributed by atoms with E-state index in [0.29, 0.717) is 16.0 Å². The van der Waals surface area contributed by atoms with E-state index >= 15 is 0 Å². The van der Waals surface area contributed by atoms with Crippen LogP contribution in [0.3, 0.4) is 0 Å². The maximum Gasteiger partial charge on any atom is 0.239 e. The number of carbonyl (C=O) groups excluding carboxylic acids is 1. The van der Waals surface area contributed by atoms with Gasteiger partial charge in [0, 0.05) is 21.5 Å². The van der Waals surface area contributed by atoms with E-state index in [1.54, 1.807) is 14.2 Å². The molecule has 10 heteroatoms. The molecule has 3 aromatic carbocycles. The molecule has 0 bridgehead atoms. The molecule has 0 saturated heterocycles. The lowest BCUT2D eigenvalue weighted by Gasteiger charge is -2.14. The summed E-state index contributed by atoms with van der Waals surface area (Å²) in [6.07, 6.45) is 0. The smallest absolute Gasteiger partial charge is 0.239 e. The maximum atomic E-state index is 12.8. The number of nitrogens with zero attached hydrogens (tertiary/aromatic N) is 1. The second kappa shape index (κ2) is 12.6. The van der Waals surface area contributed by atoms with Crippen molar-refractivity contribution in [3.05, 3.63) is 78.2 Å². The summed E-state index contributed by atoms with van der Waals surface area (Å²) in [5.74, 6) is 1.37. The van der Waals surface area contributed by atoms with Gasteiger partial charge in [0.2, 0.25) is 5.91 Å². The number of carbonyl (C=O) groups is 1. The summed E-state index contributed by atoms with van der Waals surface area (Å²) in [7, 11) is 3.25. The van der Waals surface area contributed by atoms with Crippen molar-refractivity contribution in [1.29, 1.82) is 0 Å². The molecule has 1 heterocycles. The van der Waals surface area contributed by atoms with Crippen molar-refractivity contribution in [1.82, 2.24) is 4.98 Å². The third-order valence-electron chi connectivity index (χ3n) is 5.25. The second-order valence-corrected chi connectivity index (χ2v) is 10.5. The summed E-state index contributed by atoms with van der Waals surface area (Å²) >= 11 is 8.31. The number of ether oxygens (including phenoxy) is 2. The zero-order valence-electron chi connectivity index (χ0n) is 20.5. The van der Waals surface area contributed by atoms with Crippen molar-refractivity contribution < 1.29 is 14.3 Å². The highest BCUT2D eigenvalue weighted by Crippen LogP contribution is 2.30. The van der Waals surface area contributed by atoms with Gasteiger partial charge in [0.25, 0.3) is 0 Å². The average molecular weight is 551 g/mol. The van der Waals surface area contributed by atoms with Gasteiger partial charge in [-0.15, -0.1) is 23.1 Å². The Morgan fingerprint density at radius 3 is 2.51 bits per heavy atom. The largest absolute Gasteiger partial charge is 0.497 e. The summed E-state index contributed by atoms with van der Waals surface area (Å²) in [5, 5.41) is 11.8. The number of thioether (sulfide) groups is 1. The predicted molar refractivity (Wildman–Crippen MR) is 157 cm³/mol. The normalized spacial score (nSPS) is 11.3. The minimum atomic E-state index is -0.331. The number of hydrogen-bond donors (Lipinski definition) is 3. The number of para-hydroxylation sites is 2. The number of thiocarbonyl (C=S) groups is 1. The third-order valence-corrected chi connectivity index (χ3v) is 7.30. The molecule has 0 spiro atoms. The molecule has 3 N–H and O–H groups in total. The number of hydrogen-bond acceptors (Lipinski definition) is 7. The first-order valence-corrected chi connectivity index (χ1v) is 13.5. The SMILES string of the molecule is COc1ccc(-c2csc(NC(=O)C(C)Sc3cccc(NC(=S)Nc4ccccc4OC)c3)n2)cc1. The van der Waals surface area contributed by atoms with Crippen molar-refractivity contribution >= 4 is 62.8 Å². The molecule has 0 radical (unpaired) electrons. The number of benzene rings is 3. The van der Waals surface area contributed by atoms with E-state index in [9.17, 15) is 4.79 Å². The number of nitrogens with one attached hydrogen (secondary N) is 3. The lowest BCUT2D eigenvalue weighted by molar-refractivity contribution is -0.115. The zero-order valence-corrected chi connectivity index (χ0v) is 22.9. The first kappa shape index (κ1) is 26.5. The van der Waals surface area contributed by atoms with Gasteiger partial charge in [0.05, 0.1) is 30.9 Å². The molecule has 0 aliphatic rings. The summed E-state index contributed by atoms with van der Waals surface area (Å²) in [6.45, 7) is 1.87. The molecule has 1 unspecified atom stereocenters. The quantitative estimate of drug-likeness (QED) is 0.156. The Kier molecular flexibility index (Phi) is 8.99. The van der Waals surface area contributed by atoms with E-state index < -0.39 is 0 Å². The molecule has 4 aromatic rings. The van der Waals surface area contributed by atoms with E-state index in [4.69, 9.17) is 21.7 Å². The molecule has 7 nitrogen and oxygen atoms in total.